The number of carbonyl (C=O) groups excluding carboxylic acids is 3. The summed E-state index contributed by atoms with van der Waals surface area (Å²) < 4.78 is 16.8. The molecule has 0 aliphatic heterocycles. The lowest BCUT2D eigenvalue weighted by atomic mass is 10.1. The van der Waals surface area contributed by atoms with Crippen LogP contribution < -0.4 is 0 Å². The molecule has 0 radical (unpaired) electrons. The van der Waals surface area contributed by atoms with Gasteiger partial charge in [-0.3, -0.25) is 14.4 Å². The fourth-order valence-electron chi connectivity index (χ4n) is 7.87. The topological polar surface area (TPSA) is 78.9 Å². The molecule has 1 unspecified atom stereocenters. The Morgan fingerprint density at radius 3 is 0.782 bits per heavy atom. The number of unbranched alkanes of at least 4 members (excludes halogenated alkanes) is 15. The Balaban J connectivity index is 4.26. The Bertz CT molecular complexity index is 1810. The van der Waals surface area contributed by atoms with E-state index in [1.54, 1.807) is 0 Å². The lowest BCUT2D eigenvalue weighted by Gasteiger charge is -2.18. The highest BCUT2D eigenvalue weighted by molar-refractivity contribution is 5.71. The molecule has 78 heavy (non-hydrogen) atoms. The zero-order chi connectivity index (χ0) is 56.4. The number of carbonyl (C=O) groups is 3. The van der Waals surface area contributed by atoms with E-state index < -0.39 is 6.10 Å². The maximum atomic E-state index is 12.8. The molecule has 6 nitrogen and oxygen atoms in total. The lowest BCUT2D eigenvalue weighted by molar-refractivity contribution is -0.167. The van der Waals surface area contributed by atoms with Gasteiger partial charge in [0, 0.05) is 19.3 Å². The summed E-state index contributed by atoms with van der Waals surface area (Å²) in [5.74, 6) is -0.957. The summed E-state index contributed by atoms with van der Waals surface area (Å²) in [6.45, 7) is 6.30. The van der Waals surface area contributed by atoms with Gasteiger partial charge in [-0.15, -0.1) is 0 Å². The van der Waals surface area contributed by atoms with E-state index in [1.807, 2.05) is 0 Å². The fraction of sp³-hybridized carbons (Fsp3) is 0.569. The van der Waals surface area contributed by atoms with Gasteiger partial charge in [0.25, 0.3) is 0 Å². The highest BCUT2D eigenvalue weighted by Gasteiger charge is 2.19. The summed E-state index contributed by atoms with van der Waals surface area (Å²) in [5.41, 5.74) is 0. The van der Waals surface area contributed by atoms with Gasteiger partial charge in [-0.05, 0) is 135 Å². The van der Waals surface area contributed by atoms with Crippen LogP contribution in [0.25, 0.3) is 0 Å². The standard InChI is InChI=1S/C72H112O6/c1-4-7-10-13-16-18-20-22-24-26-28-30-32-34-36-38-40-42-44-46-48-50-52-54-56-59-62-65-71(74)77-68-69(67-76-70(73)64-61-58-15-12-9-6-3)78-72(75)66-63-60-57-55-53-51-49-47-45-43-41-39-37-35-33-31-29-27-25-23-21-19-17-14-11-8-5-2/h7-8,10-11,16-19,22-25,28-31,34-37,40-43,46-49,69H,4-6,9,12-15,20-21,26-27,32-33,38-39,44-45,50-68H2,1-3H3/b10-7-,11-8-,18-16-,19-17-,24-22-,25-23-,30-28-,31-29-,36-34-,37-35-,42-40-,43-41-,48-46-,49-47-. The van der Waals surface area contributed by atoms with Gasteiger partial charge in [0.1, 0.15) is 13.2 Å². The first-order valence-corrected chi connectivity index (χ1v) is 31.1. The maximum Gasteiger partial charge on any atom is 0.306 e. The predicted octanol–water partition coefficient (Wildman–Crippen LogP) is 21.5. The highest BCUT2D eigenvalue weighted by atomic mass is 16.6. The zero-order valence-electron chi connectivity index (χ0n) is 49.9. The minimum atomic E-state index is -0.804. The molecule has 6 heteroatoms. The third-order valence-corrected chi connectivity index (χ3v) is 12.5. The van der Waals surface area contributed by atoms with Crippen LogP contribution in [0.5, 0.6) is 0 Å². The van der Waals surface area contributed by atoms with Gasteiger partial charge in [-0.25, -0.2) is 0 Å². The second kappa shape index (κ2) is 64.3. The van der Waals surface area contributed by atoms with Gasteiger partial charge in [0.05, 0.1) is 0 Å². The number of allylic oxidation sites excluding steroid dienone is 28. The molecule has 0 rings (SSSR count). The molecule has 0 saturated carbocycles. The van der Waals surface area contributed by atoms with E-state index >= 15 is 0 Å². The molecular weight excluding hydrogens is 961 g/mol. The van der Waals surface area contributed by atoms with E-state index in [2.05, 4.69) is 191 Å². The van der Waals surface area contributed by atoms with Crippen molar-refractivity contribution in [3.63, 3.8) is 0 Å². The fourth-order valence-corrected chi connectivity index (χ4v) is 7.87. The van der Waals surface area contributed by atoms with Crippen molar-refractivity contribution in [3.05, 3.63) is 170 Å². The van der Waals surface area contributed by atoms with E-state index in [4.69, 9.17) is 14.2 Å². The average Bonchev–Trinajstić information content (AvgIpc) is 3.44. The first kappa shape index (κ1) is 72.8. The summed E-state index contributed by atoms with van der Waals surface area (Å²) >= 11 is 0. The van der Waals surface area contributed by atoms with Crippen LogP contribution in [0.1, 0.15) is 245 Å². The number of rotatable bonds is 54. The molecule has 0 spiro atoms. The Hall–Kier alpha value is -5.23. The molecule has 0 aliphatic rings. The largest absolute Gasteiger partial charge is 0.462 e. The highest BCUT2D eigenvalue weighted by Crippen LogP contribution is 2.13. The Labute approximate surface area is 479 Å². The van der Waals surface area contributed by atoms with Crippen LogP contribution in [0.4, 0.5) is 0 Å². The van der Waals surface area contributed by atoms with Gasteiger partial charge in [0.2, 0.25) is 0 Å². The van der Waals surface area contributed by atoms with E-state index in [9.17, 15) is 14.4 Å². The first-order valence-electron chi connectivity index (χ1n) is 31.1. The van der Waals surface area contributed by atoms with E-state index in [1.165, 1.54) is 19.3 Å². The third-order valence-electron chi connectivity index (χ3n) is 12.5. The van der Waals surface area contributed by atoms with E-state index in [0.29, 0.717) is 19.3 Å². The second-order valence-corrected chi connectivity index (χ2v) is 19.9. The zero-order valence-corrected chi connectivity index (χ0v) is 49.9. The summed E-state index contributed by atoms with van der Waals surface area (Å²) in [6, 6.07) is 0. The van der Waals surface area contributed by atoms with Crippen LogP contribution >= 0.6 is 0 Å². The molecular formula is C72H112O6. The van der Waals surface area contributed by atoms with E-state index in [-0.39, 0.29) is 31.1 Å². The molecule has 436 valence electrons. The Morgan fingerprint density at radius 1 is 0.269 bits per heavy atom. The minimum Gasteiger partial charge on any atom is -0.462 e. The van der Waals surface area contributed by atoms with Crippen molar-refractivity contribution in [1.29, 1.82) is 0 Å². The molecule has 0 N–H and O–H groups in total. The third kappa shape index (κ3) is 61.6. The van der Waals surface area contributed by atoms with Gasteiger partial charge in [-0.1, -0.05) is 262 Å². The minimum absolute atomic E-state index is 0.100. The maximum absolute atomic E-state index is 12.8. The van der Waals surface area contributed by atoms with Gasteiger partial charge < -0.3 is 14.2 Å². The van der Waals surface area contributed by atoms with Crippen LogP contribution in [0.2, 0.25) is 0 Å². The van der Waals surface area contributed by atoms with E-state index in [0.717, 1.165) is 186 Å². The summed E-state index contributed by atoms with van der Waals surface area (Å²) in [6.07, 6.45) is 95.2. The van der Waals surface area contributed by atoms with Crippen molar-refractivity contribution in [3.8, 4) is 0 Å². The molecule has 0 saturated heterocycles. The normalized spacial score (nSPS) is 13.3. The Morgan fingerprint density at radius 2 is 0.500 bits per heavy atom. The van der Waals surface area contributed by atoms with Crippen LogP contribution in [-0.4, -0.2) is 37.2 Å². The van der Waals surface area contributed by atoms with Crippen molar-refractivity contribution in [2.75, 3.05) is 13.2 Å². The van der Waals surface area contributed by atoms with Gasteiger partial charge in [0.15, 0.2) is 6.10 Å². The van der Waals surface area contributed by atoms with Crippen molar-refractivity contribution < 1.29 is 28.6 Å². The summed E-state index contributed by atoms with van der Waals surface area (Å²) in [4.78, 5) is 38.0. The average molecular weight is 1070 g/mol. The molecule has 0 bridgehead atoms. The second-order valence-electron chi connectivity index (χ2n) is 19.9. The molecule has 0 amide bonds. The van der Waals surface area contributed by atoms with Crippen LogP contribution in [0.15, 0.2) is 170 Å². The predicted molar refractivity (Wildman–Crippen MR) is 338 cm³/mol. The van der Waals surface area contributed by atoms with Gasteiger partial charge in [-0.2, -0.15) is 0 Å². The monoisotopic (exact) mass is 1070 g/mol. The smallest absolute Gasteiger partial charge is 0.306 e. The number of hydrogen-bond acceptors (Lipinski definition) is 6. The number of ether oxygens (including phenoxy) is 3. The van der Waals surface area contributed by atoms with Crippen LogP contribution in [0.3, 0.4) is 0 Å². The van der Waals surface area contributed by atoms with Crippen molar-refractivity contribution in [1.82, 2.24) is 0 Å². The van der Waals surface area contributed by atoms with Crippen molar-refractivity contribution in [2.45, 2.75) is 252 Å². The van der Waals surface area contributed by atoms with Crippen LogP contribution in [-0.2, 0) is 28.6 Å². The summed E-state index contributed by atoms with van der Waals surface area (Å²) in [5, 5.41) is 0. The number of esters is 3. The van der Waals surface area contributed by atoms with Crippen molar-refractivity contribution in [2.24, 2.45) is 0 Å². The Kier molecular flexibility index (Phi) is 60.0. The van der Waals surface area contributed by atoms with Crippen molar-refractivity contribution >= 4 is 17.9 Å². The molecule has 0 aromatic carbocycles. The molecule has 0 fully saturated rings. The molecule has 0 heterocycles. The first-order chi connectivity index (χ1) is 38.5. The molecule has 0 aliphatic carbocycles. The number of hydrogen-bond donors (Lipinski definition) is 0. The van der Waals surface area contributed by atoms with Gasteiger partial charge >= 0.3 is 17.9 Å². The summed E-state index contributed by atoms with van der Waals surface area (Å²) in [7, 11) is 0. The lowest BCUT2D eigenvalue weighted by Crippen LogP contribution is -2.30. The SMILES string of the molecule is CC/C=C\C/C=C\C/C=C\C/C=C\C/C=C\C/C=C\C/C=C\CCCCCCCC(=O)OCC(COC(=O)CCCCCCCC)OC(=O)CCCCCCC/C=C\C/C=C\C/C=C\C/C=C\C/C=C\C/C=C\C/C=C\CC. The quantitative estimate of drug-likeness (QED) is 0.0261. The molecule has 1 atom stereocenters. The molecule has 0 aromatic heterocycles. The molecule has 0 aromatic rings. The van der Waals surface area contributed by atoms with Crippen LogP contribution in [0, 0.1) is 0 Å².